The lowest BCUT2D eigenvalue weighted by atomic mass is 10.1. The molecule has 112 valence electrons. The molecular weight excluding hydrogens is 314 g/mol. The summed E-state index contributed by atoms with van der Waals surface area (Å²) in [5.41, 5.74) is 1.18. The van der Waals surface area contributed by atoms with Crippen LogP contribution in [0.2, 0.25) is 5.02 Å². The quantitative estimate of drug-likeness (QED) is 0.900. The standard InChI is InChI=1S/C14H20ClNO2S2/c1-19-14(11-4-2-5-12(15)8-11)9-16-13-6-3-7-20(17,18)10-13/h2,4-5,8,13-14,16H,3,6-7,9-10H2,1H3. The number of hydrogen-bond donors (Lipinski definition) is 1. The third-order valence-corrected chi connectivity index (χ3v) is 6.62. The van der Waals surface area contributed by atoms with Gasteiger partial charge in [-0.3, -0.25) is 0 Å². The van der Waals surface area contributed by atoms with Crippen molar-refractivity contribution in [3.8, 4) is 0 Å². The van der Waals surface area contributed by atoms with Gasteiger partial charge in [-0.15, -0.1) is 0 Å². The van der Waals surface area contributed by atoms with Crippen molar-refractivity contribution in [3.63, 3.8) is 0 Å². The Balaban J connectivity index is 1.94. The van der Waals surface area contributed by atoms with Gasteiger partial charge in [0.25, 0.3) is 0 Å². The minimum absolute atomic E-state index is 0.0857. The average molecular weight is 334 g/mol. The van der Waals surface area contributed by atoms with Crippen LogP contribution < -0.4 is 5.32 Å². The van der Waals surface area contributed by atoms with Crippen LogP contribution in [0.15, 0.2) is 24.3 Å². The van der Waals surface area contributed by atoms with E-state index in [4.69, 9.17) is 11.6 Å². The summed E-state index contributed by atoms with van der Waals surface area (Å²) in [6, 6.07) is 7.94. The fourth-order valence-corrected chi connectivity index (χ4v) is 5.05. The highest BCUT2D eigenvalue weighted by atomic mass is 35.5. The van der Waals surface area contributed by atoms with Crippen molar-refractivity contribution in [3.05, 3.63) is 34.9 Å². The molecule has 3 nitrogen and oxygen atoms in total. The molecular formula is C14H20ClNO2S2. The average Bonchev–Trinajstić information content (AvgIpc) is 2.38. The van der Waals surface area contributed by atoms with E-state index in [1.54, 1.807) is 11.8 Å². The highest BCUT2D eigenvalue weighted by Gasteiger charge is 2.25. The van der Waals surface area contributed by atoms with E-state index >= 15 is 0 Å². The number of halogens is 1. The summed E-state index contributed by atoms with van der Waals surface area (Å²) in [5.74, 6) is 0.606. The van der Waals surface area contributed by atoms with Crippen LogP contribution in [-0.4, -0.2) is 38.8 Å². The second-order valence-electron chi connectivity index (χ2n) is 5.14. The molecule has 0 aliphatic carbocycles. The predicted octanol–water partition coefficient (Wildman–Crippen LogP) is 2.91. The Morgan fingerprint density at radius 2 is 2.30 bits per heavy atom. The Morgan fingerprint density at radius 1 is 1.50 bits per heavy atom. The molecule has 1 aromatic rings. The Morgan fingerprint density at radius 3 is 2.95 bits per heavy atom. The summed E-state index contributed by atoms with van der Waals surface area (Å²) in [7, 11) is -2.85. The summed E-state index contributed by atoms with van der Waals surface area (Å²) in [4.78, 5) is 0. The van der Waals surface area contributed by atoms with Gasteiger partial charge in [0.1, 0.15) is 0 Å². The molecule has 0 amide bonds. The second-order valence-corrected chi connectivity index (χ2v) is 8.85. The molecule has 1 aliphatic heterocycles. The third-order valence-electron chi connectivity index (χ3n) is 3.56. The number of sulfone groups is 1. The van der Waals surface area contributed by atoms with Crippen LogP contribution in [0.3, 0.4) is 0 Å². The lowest BCUT2D eigenvalue weighted by Crippen LogP contribution is -2.41. The van der Waals surface area contributed by atoms with Gasteiger partial charge in [-0.2, -0.15) is 11.8 Å². The molecule has 2 rings (SSSR count). The molecule has 0 spiro atoms. The predicted molar refractivity (Wildman–Crippen MR) is 87.4 cm³/mol. The Hall–Kier alpha value is -0.230. The van der Waals surface area contributed by atoms with E-state index < -0.39 is 9.84 Å². The van der Waals surface area contributed by atoms with E-state index in [0.29, 0.717) is 11.0 Å². The summed E-state index contributed by atoms with van der Waals surface area (Å²) >= 11 is 7.77. The van der Waals surface area contributed by atoms with Gasteiger partial charge >= 0.3 is 0 Å². The van der Waals surface area contributed by atoms with Crippen LogP contribution in [0.25, 0.3) is 0 Å². The first kappa shape index (κ1) is 16.1. The van der Waals surface area contributed by atoms with Crippen LogP contribution in [-0.2, 0) is 9.84 Å². The number of benzene rings is 1. The first-order chi connectivity index (χ1) is 9.50. The number of rotatable bonds is 5. The van der Waals surface area contributed by atoms with Gasteiger partial charge < -0.3 is 5.32 Å². The van der Waals surface area contributed by atoms with Gasteiger partial charge in [-0.25, -0.2) is 8.42 Å². The van der Waals surface area contributed by atoms with Crippen molar-refractivity contribution in [2.45, 2.75) is 24.1 Å². The summed E-state index contributed by atoms with van der Waals surface area (Å²) < 4.78 is 23.3. The number of nitrogens with one attached hydrogen (secondary N) is 1. The first-order valence-corrected chi connectivity index (χ1v) is 10.2. The Bertz CT molecular complexity index is 548. The van der Waals surface area contributed by atoms with E-state index in [2.05, 4.69) is 17.6 Å². The molecule has 6 heteroatoms. The SMILES string of the molecule is CSC(CNC1CCCS(=O)(=O)C1)c1cccc(Cl)c1. The highest BCUT2D eigenvalue weighted by Crippen LogP contribution is 2.28. The molecule has 1 aromatic carbocycles. The van der Waals surface area contributed by atoms with Crippen molar-refractivity contribution in [2.75, 3.05) is 24.3 Å². The minimum Gasteiger partial charge on any atom is -0.312 e. The van der Waals surface area contributed by atoms with Crippen molar-refractivity contribution < 1.29 is 8.42 Å². The number of hydrogen-bond acceptors (Lipinski definition) is 4. The Kier molecular flexibility index (Phi) is 5.78. The molecule has 20 heavy (non-hydrogen) atoms. The Labute approximate surface area is 130 Å². The minimum atomic E-state index is -2.85. The molecule has 0 radical (unpaired) electrons. The van der Waals surface area contributed by atoms with E-state index in [9.17, 15) is 8.42 Å². The maximum absolute atomic E-state index is 11.6. The largest absolute Gasteiger partial charge is 0.312 e. The van der Waals surface area contributed by atoms with Crippen LogP contribution in [0.5, 0.6) is 0 Å². The fraction of sp³-hybridized carbons (Fsp3) is 0.571. The molecule has 1 aliphatic rings. The van der Waals surface area contributed by atoms with Crippen LogP contribution in [0.4, 0.5) is 0 Å². The van der Waals surface area contributed by atoms with E-state index in [-0.39, 0.29) is 11.8 Å². The first-order valence-electron chi connectivity index (χ1n) is 6.72. The van der Waals surface area contributed by atoms with Gasteiger partial charge in [-0.05, 0) is 36.8 Å². The number of thioether (sulfide) groups is 1. The van der Waals surface area contributed by atoms with Gasteiger partial charge in [0, 0.05) is 22.9 Å². The molecule has 0 aromatic heterocycles. The zero-order valence-corrected chi connectivity index (χ0v) is 13.9. The molecule has 1 saturated heterocycles. The van der Waals surface area contributed by atoms with Crippen LogP contribution in [0, 0.1) is 0 Å². The topological polar surface area (TPSA) is 46.2 Å². The second kappa shape index (κ2) is 7.16. The highest BCUT2D eigenvalue weighted by molar-refractivity contribution is 7.98. The lowest BCUT2D eigenvalue weighted by Gasteiger charge is -2.25. The third kappa shape index (κ3) is 4.65. The normalized spacial score (nSPS) is 23.4. The summed E-state index contributed by atoms with van der Waals surface area (Å²) in [6.45, 7) is 0.766. The zero-order valence-electron chi connectivity index (χ0n) is 11.5. The van der Waals surface area contributed by atoms with Crippen LogP contribution >= 0.6 is 23.4 Å². The van der Waals surface area contributed by atoms with E-state index in [0.717, 1.165) is 24.4 Å². The van der Waals surface area contributed by atoms with Gasteiger partial charge in [0.15, 0.2) is 9.84 Å². The summed E-state index contributed by atoms with van der Waals surface area (Å²) in [5, 5.41) is 4.43. The maximum atomic E-state index is 11.6. The van der Waals surface area contributed by atoms with Gasteiger partial charge in [0.2, 0.25) is 0 Å². The fourth-order valence-electron chi connectivity index (χ4n) is 2.50. The summed E-state index contributed by atoms with van der Waals surface area (Å²) in [6.07, 6.45) is 3.77. The van der Waals surface area contributed by atoms with Crippen LogP contribution in [0.1, 0.15) is 23.7 Å². The van der Waals surface area contributed by atoms with Crippen molar-refractivity contribution in [1.82, 2.24) is 5.32 Å². The van der Waals surface area contributed by atoms with Crippen molar-refractivity contribution >= 4 is 33.2 Å². The van der Waals surface area contributed by atoms with Gasteiger partial charge in [-0.1, -0.05) is 23.7 Å². The van der Waals surface area contributed by atoms with E-state index in [1.807, 2.05) is 18.2 Å². The van der Waals surface area contributed by atoms with E-state index in [1.165, 1.54) is 5.56 Å². The monoisotopic (exact) mass is 333 g/mol. The smallest absolute Gasteiger partial charge is 0.151 e. The molecule has 2 unspecified atom stereocenters. The molecule has 1 heterocycles. The van der Waals surface area contributed by atoms with Crippen molar-refractivity contribution in [1.29, 1.82) is 0 Å². The molecule has 0 bridgehead atoms. The molecule has 1 fully saturated rings. The molecule has 0 saturated carbocycles. The molecule has 1 N–H and O–H groups in total. The van der Waals surface area contributed by atoms with Gasteiger partial charge in [0.05, 0.1) is 11.5 Å². The van der Waals surface area contributed by atoms with Crippen molar-refractivity contribution in [2.24, 2.45) is 0 Å². The molecule has 2 atom stereocenters. The zero-order chi connectivity index (χ0) is 14.6. The lowest BCUT2D eigenvalue weighted by molar-refractivity contribution is 0.482. The maximum Gasteiger partial charge on any atom is 0.151 e.